The molecule has 0 aromatic rings. The molecule has 0 saturated heterocycles. The monoisotopic (exact) mass is 553 g/mol. The van der Waals surface area contributed by atoms with Crippen molar-refractivity contribution in [3.63, 3.8) is 0 Å². The number of amides is 1. The molecular formula is C32H63N3O4+2. The van der Waals surface area contributed by atoms with Gasteiger partial charge in [-0.2, -0.15) is 0 Å². The molecule has 0 atom stereocenters. The first-order valence-electron chi connectivity index (χ1n) is 15.7. The lowest BCUT2D eigenvalue weighted by atomic mass is 10.0. The number of hydrogen-bond acceptors (Lipinski definition) is 3. The number of carbonyl (C=O) groups excluding carboxylic acids is 2. The van der Waals surface area contributed by atoms with Gasteiger partial charge in [0.15, 0.2) is 6.54 Å². The van der Waals surface area contributed by atoms with E-state index >= 15 is 0 Å². The van der Waals surface area contributed by atoms with E-state index in [-0.39, 0.29) is 12.5 Å². The van der Waals surface area contributed by atoms with Gasteiger partial charge in [-0.15, -0.1) is 0 Å². The summed E-state index contributed by atoms with van der Waals surface area (Å²) in [6, 6.07) is 0. The van der Waals surface area contributed by atoms with Gasteiger partial charge in [0.1, 0.15) is 5.78 Å². The Morgan fingerprint density at radius 1 is 0.615 bits per heavy atom. The third-order valence-electron chi connectivity index (χ3n) is 7.13. The number of hydrogen-bond donors (Lipinski definition) is 2. The predicted octanol–water partition coefficient (Wildman–Crippen LogP) is 6.12. The first-order chi connectivity index (χ1) is 18.4. The number of carbonyl (C=O) groups is 3. The molecule has 0 bridgehead atoms. The molecule has 0 saturated carbocycles. The maximum absolute atomic E-state index is 12.0. The number of rotatable bonds is 27. The molecule has 39 heavy (non-hydrogen) atoms. The number of unbranched alkanes of at least 4 members (excludes halogenated alkanes) is 11. The highest BCUT2D eigenvalue weighted by atomic mass is 16.4. The van der Waals surface area contributed by atoms with Gasteiger partial charge in [0.05, 0.1) is 48.3 Å². The van der Waals surface area contributed by atoms with E-state index in [1.54, 1.807) is 0 Å². The highest BCUT2D eigenvalue weighted by Gasteiger charge is 2.18. The Morgan fingerprint density at radius 2 is 1.10 bits per heavy atom. The Hall–Kier alpha value is -1.73. The van der Waals surface area contributed by atoms with E-state index in [1.165, 1.54) is 44.9 Å². The number of ketones is 1. The third-order valence-corrected chi connectivity index (χ3v) is 7.13. The largest absolute Gasteiger partial charge is 0.477 e. The van der Waals surface area contributed by atoms with Gasteiger partial charge in [-0.1, -0.05) is 50.7 Å². The Kier molecular flexibility index (Phi) is 22.0. The first-order valence-corrected chi connectivity index (χ1v) is 15.7. The topological polar surface area (TPSA) is 83.5 Å². The molecule has 228 valence electrons. The van der Waals surface area contributed by atoms with Crippen LogP contribution in [-0.4, -0.2) is 93.1 Å². The number of carboxylic acids is 1. The number of nitrogens with zero attached hydrogens (tertiary/aromatic N) is 2. The van der Waals surface area contributed by atoms with Crippen LogP contribution in [0.15, 0.2) is 12.2 Å². The van der Waals surface area contributed by atoms with Crippen LogP contribution in [0.1, 0.15) is 116 Å². The number of carboxylic acid groups (broad SMARTS) is 1. The lowest BCUT2D eigenvalue weighted by molar-refractivity contribution is -0.883. The molecular weight excluding hydrogens is 490 g/mol. The van der Waals surface area contributed by atoms with Crippen LogP contribution in [0.25, 0.3) is 0 Å². The van der Waals surface area contributed by atoms with Crippen molar-refractivity contribution in [3.05, 3.63) is 12.2 Å². The quantitative estimate of drug-likeness (QED) is 0.0730. The average Bonchev–Trinajstić information content (AvgIpc) is 2.83. The fraction of sp³-hybridized carbons (Fsp3) is 0.844. The third kappa shape index (κ3) is 29.1. The zero-order valence-electron chi connectivity index (χ0n) is 26.3. The summed E-state index contributed by atoms with van der Waals surface area (Å²) in [6.07, 6.45) is 23.7. The van der Waals surface area contributed by atoms with Gasteiger partial charge in [0.2, 0.25) is 5.91 Å². The maximum atomic E-state index is 12.0. The Labute approximate surface area is 240 Å². The summed E-state index contributed by atoms with van der Waals surface area (Å²) < 4.78 is 1.41. The van der Waals surface area contributed by atoms with Gasteiger partial charge >= 0.3 is 5.97 Å². The molecule has 0 rings (SSSR count). The van der Waals surface area contributed by atoms with Gasteiger partial charge in [-0.05, 0) is 51.4 Å². The Balaban J connectivity index is 3.41. The molecule has 0 fully saturated rings. The number of quaternary nitrogens is 2. The van der Waals surface area contributed by atoms with Crippen molar-refractivity contribution >= 4 is 17.7 Å². The molecule has 1 amide bonds. The lowest BCUT2D eigenvalue weighted by Crippen LogP contribution is -2.45. The number of likely N-dealkylation sites (N-methyl/N-ethyl adjacent to an activating group) is 1. The Bertz CT molecular complexity index is 683. The minimum atomic E-state index is -0.791. The van der Waals surface area contributed by atoms with Crippen LogP contribution >= 0.6 is 0 Å². The standard InChI is InChI=1S/C32H61N3O4/c1-34(2,3)27-21-20-24-30(36)23-18-16-14-12-10-8-6-7-9-11-13-15-17-19-25-31(37)33-26-22-28-35(4,5)29-32(38)39/h6-7H,8-29H2,1-5H3/p+2/b7-6+. The van der Waals surface area contributed by atoms with Crippen LogP contribution in [0.4, 0.5) is 0 Å². The van der Waals surface area contributed by atoms with Crippen LogP contribution < -0.4 is 5.32 Å². The molecule has 0 unspecified atom stereocenters. The highest BCUT2D eigenvalue weighted by molar-refractivity contribution is 5.78. The highest BCUT2D eigenvalue weighted by Crippen LogP contribution is 2.11. The second-order valence-electron chi connectivity index (χ2n) is 13.0. The van der Waals surface area contributed by atoms with Gasteiger partial charge in [0.25, 0.3) is 0 Å². The van der Waals surface area contributed by atoms with E-state index in [0.29, 0.717) is 23.2 Å². The van der Waals surface area contributed by atoms with Gasteiger partial charge in [-0.25, -0.2) is 4.79 Å². The van der Waals surface area contributed by atoms with E-state index in [4.69, 9.17) is 5.11 Å². The average molecular weight is 554 g/mol. The zero-order chi connectivity index (χ0) is 29.4. The summed E-state index contributed by atoms with van der Waals surface area (Å²) in [6.45, 7) is 2.60. The normalized spacial score (nSPS) is 12.2. The van der Waals surface area contributed by atoms with E-state index in [0.717, 1.165) is 81.8 Å². The number of nitrogens with one attached hydrogen (secondary N) is 1. The smallest absolute Gasteiger partial charge is 0.359 e. The van der Waals surface area contributed by atoms with Gasteiger partial charge in [-0.3, -0.25) is 9.59 Å². The van der Waals surface area contributed by atoms with Crippen LogP contribution in [-0.2, 0) is 14.4 Å². The van der Waals surface area contributed by atoms with Crippen molar-refractivity contribution in [1.29, 1.82) is 0 Å². The second-order valence-corrected chi connectivity index (χ2v) is 13.0. The molecule has 0 radical (unpaired) electrons. The maximum Gasteiger partial charge on any atom is 0.359 e. The summed E-state index contributed by atoms with van der Waals surface area (Å²) in [4.78, 5) is 34.8. The molecule has 0 aliphatic rings. The molecule has 0 aliphatic carbocycles. The summed E-state index contributed by atoms with van der Waals surface area (Å²) in [5.41, 5.74) is 0. The van der Waals surface area contributed by atoms with E-state index < -0.39 is 5.97 Å². The number of Topliss-reactive ketones (excluding diaryl/α,β-unsaturated/α-hetero) is 1. The van der Waals surface area contributed by atoms with E-state index in [2.05, 4.69) is 38.6 Å². The van der Waals surface area contributed by atoms with Crippen molar-refractivity contribution in [2.45, 2.75) is 116 Å². The van der Waals surface area contributed by atoms with Gasteiger partial charge in [0, 0.05) is 32.2 Å². The molecule has 0 heterocycles. The summed E-state index contributed by atoms with van der Waals surface area (Å²) in [5, 5.41) is 11.9. The molecule has 0 aliphatic heterocycles. The number of allylic oxidation sites excluding steroid dienone is 2. The summed E-state index contributed by atoms with van der Waals surface area (Å²) in [7, 11) is 10.4. The van der Waals surface area contributed by atoms with Gasteiger partial charge < -0.3 is 19.4 Å². The molecule has 2 N–H and O–H groups in total. The lowest BCUT2D eigenvalue weighted by Gasteiger charge is -2.27. The SMILES string of the molecule is C[N+](C)(C)CCCCC(=O)CCCCCCC/C=C/CCCCCCCC(=O)NCCC[N+](C)(C)CC(=O)O. The van der Waals surface area contributed by atoms with E-state index in [9.17, 15) is 14.4 Å². The van der Waals surface area contributed by atoms with Crippen molar-refractivity contribution in [2.24, 2.45) is 0 Å². The molecule has 7 heteroatoms. The minimum absolute atomic E-state index is 0.104. The van der Waals surface area contributed by atoms with E-state index in [1.807, 2.05) is 14.1 Å². The van der Waals surface area contributed by atoms with Crippen LogP contribution in [0.2, 0.25) is 0 Å². The van der Waals surface area contributed by atoms with Crippen molar-refractivity contribution in [3.8, 4) is 0 Å². The summed E-state index contributed by atoms with van der Waals surface area (Å²) >= 11 is 0. The molecule has 0 aromatic carbocycles. The summed E-state index contributed by atoms with van der Waals surface area (Å²) in [5.74, 6) is -0.233. The zero-order valence-corrected chi connectivity index (χ0v) is 26.3. The molecule has 0 spiro atoms. The predicted molar refractivity (Wildman–Crippen MR) is 163 cm³/mol. The fourth-order valence-electron chi connectivity index (χ4n) is 4.73. The fourth-order valence-corrected chi connectivity index (χ4v) is 4.73. The molecule has 7 nitrogen and oxygen atoms in total. The number of aliphatic carboxylic acids is 1. The Morgan fingerprint density at radius 3 is 1.64 bits per heavy atom. The van der Waals surface area contributed by atoms with Crippen molar-refractivity contribution < 1.29 is 28.5 Å². The van der Waals surface area contributed by atoms with Crippen LogP contribution in [0.3, 0.4) is 0 Å². The second kappa shape index (κ2) is 23.0. The molecule has 0 aromatic heterocycles. The van der Waals surface area contributed by atoms with Crippen LogP contribution in [0, 0.1) is 0 Å². The van der Waals surface area contributed by atoms with Crippen molar-refractivity contribution in [1.82, 2.24) is 5.32 Å². The first kappa shape index (κ1) is 37.3. The van der Waals surface area contributed by atoms with Crippen molar-refractivity contribution in [2.75, 3.05) is 61.4 Å². The van der Waals surface area contributed by atoms with Crippen LogP contribution in [0.5, 0.6) is 0 Å². The minimum Gasteiger partial charge on any atom is -0.477 e.